The molecule has 3 rings (SSSR count). The number of nitrogens with one attached hydrogen (secondary N) is 2. The average molecular weight is 426 g/mol. The molecule has 31 heavy (non-hydrogen) atoms. The second kappa shape index (κ2) is 9.07. The number of rotatable bonds is 8. The van der Waals surface area contributed by atoms with Crippen molar-refractivity contribution in [3.05, 3.63) is 47.4 Å². The number of aryl methyl sites for hydroxylation is 2. The van der Waals surface area contributed by atoms with E-state index in [4.69, 9.17) is 10.8 Å². The van der Waals surface area contributed by atoms with Crippen LogP contribution in [0.4, 0.5) is 10.7 Å². The van der Waals surface area contributed by atoms with Crippen LogP contribution in [-0.2, 0) is 13.1 Å². The van der Waals surface area contributed by atoms with Crippen molar-refractivity contribution in [3.8, 4) is 0 Å². The van der Waals surface area contributed by atoms with Crippen LogP contribution in [0.1, 0.15) is 33.5 Å². The summed E-state index contributed by atoms with van der Waals surface area (Å²) in [5.41, 5.74) is 7.41. The molecule has 0 saturated carbocycles. The van der Waals surface area contributed by atoms with Gasteiger partial charge in [-0.15, -0.1) is 0 Å². The Balaban J connectivity index is 1.94. The summed E-state index contributed by atoms with van der Waals surface area (Å²) in [5.74, 6) is -0.825. The number of aromatic nitrogens is 5. The van der Waals surface area contributed by atoms with Crippen molar-refractivity contribution in [2.75, 3.05) is 11.9 Å². The van der Waals surface area contributed by atoms with Gasteiger partial charge in [-0.2, -0.15) is 5.10 Å². The normalized spacial score (nSPS) is 11.2. The number of fused-ring (bicyclic) bond motifs is 1. The van der Waals surface area contributed by atoms with Gasteiger partial charge in [-0.3, -0.25) is 24.2 Å². The second-order valence-corrected chi connectivity index (χ2v) is 6.58. The summed E-state index contributed by atoms with van der Waals surface area (Å²) in [6.07, 6.45) is 3.53. The van der Waals surface area contributed by atoms with Crippen molar-refractivity contribution in [2.24, 2.45) is 5.73 Å². The fraction of sp³-hybridized carbons (Fsp3) is 0.263. The van der Waals surface area contributed by atoms with Crippen LogP contribution in [-0.4, -0.2) is 53.9 Å². The number of anilines is 1. The Bertz CT molecular complexity index is 1180. The molecular weight excluding hydrogens is 404 g/mol. The van der Waals surface area contributed by atoms with Gasteiger partial charge in [-0.05, 0) is 26.0 Å². The van der Waals surface area contributed by atoms with E-state index >= 15 is 0 Å². The summed E-state index contributed by atoms with van der Waals surface area (Å²) in [7, 11) is 0. The van der Waals surface area contributed by atoms with Crippen molar-refractivity contribution in [1.82, 2.24) is 29.6 Å². The van der Waals surface area contributed by atoms with Gasteiger partial charge in [0.15, 0.2) is 5.65 Å². The Morgan fingerprint density at radius 1 is 1.26 bits per heavy atom. The van der Waals surface area contributed by atoms with E-state index in [0.717, 1.165) is 0 Å². The standard InChI is InChI=1S/C19H22N8O4/c1-3-27-14(8-11(2)25-27)17(29)24-18-23-13-9-12(15(20)28)10-22-16(13)26(18)7-5-4-6-21-19(30)31/h4-5,8-10,21H,3,6-7H2,1-2H3,(H2,20,28)(H,30,31)(H,23,24,29). The van der Waals surface area contributed by atoms with Crippen molar-refractivity contribution < 1.29 is 19.5 Å². The number of carbonyl (C=O) groups excluding carboxylic acids is 2. The molecule has 0 aromatic carbocycles. The molecule has 0 atom stereocenters. The maximum atomic E-state index is 12.8. The number of hydrogen-bond donors (Lipinski definition) is 4. The molecule has 12 nitrogen and oxygen atoms in total. The van der Waals surface area contributed by atoms with Crippen LogP contribution in [0.3, 0.4) is 0 Å². The molecular formula is C19H22N8O4. The summed E-state index contributed by atoms with van der Waals surface area (Å²) in [6, 6.07) is 3.17. The predicted molar refractivity (Wildman–Crippen MR) is 112 cm³/mol. The van der Waals surface area contributed by atoms with Crippen LogP contribution in [0.25, 0.3) is 11.2 Å². The van der Waals surface area contributed by atoms with E-state index < -0.39 is 17.9 Å². The van der Waals surface area contributed by atoms with Gasteiger partial charge in [-0.1, -0.05) is 12.2 Å². The Kier molecular flexibility index (Phi) is 6.29. The van der Waals surface area contributed by atoms with E-state index in [9.17, 15) is 14.4 Å². The van der Waals surface area contributed by atoms with E-state index in [2.05, 4.69) is 25.7 Å². The number of primary amides is 1. The van der Waals surface area contributed by atoms with Gasteiger partial charge in [0.2, 0.25) is 11.9 Å². The number of allylic oxidation sites excluding steroid dienone is 1. The lowest BCUT2D eigenvalue weighted by atomic mass is 10.2. The molecule has 0 fully saturated rings. The summed E-state index contributed by atoms with van der Waals surface area (Å²) >= 11 is 0. The Labute approximate surface area is 176 Å². The Morgan fingerprint density at radius 3 is 2.71 bits per heavy atom. The molecule has 3 aromatic rings. The molecule has 0 saturated heterocycles. The average Bonchev–Trinajstić information content (AvgIpc) is 3.26. The number of nitrogens with two attached hydrogens (primary N) is 1. The number of amides is 3. The smallest absolute Gasteiger partial charge is 0.404 e. The number of nitrogens with zero attached hydrogens (tertiary/aromatic N) is 5. The lowest BCUT2D eigenvalue weighted by Crippen LogP contribution is -2.21. The van der Waals surface area contributed by atoms with Crippen LogP contribution in [0, 0.1) is 6.92 Å². The molecule has 0 unspecified atom stereocenters. The van der Waals surface area contributed by atoms with Crippen molar-refractivity contribution >= 4 is 35.0 Å². The SMILES string of the molecule is CCn1nc(C)cc1C(=O)Nc1nc2cc(C(N)=O)cnc2n1CC=CCNC(=O)O. The van der Waals surface area contributed by atoms with Crippen molar-refractivity contribution in [1.29, 1.82) is 0 Å². The van der Waals surface area contributed by atoms with Gasteiger partial charge in [0.25, 0.3) is 5.91 Å². The van der Waals surface area contributed by atoms with Crippen LogP contribution in [0.2, 0.25) is 0 Å². The van der Waals surface area contributed by atoms with Crippen molar-refractivity contribution in [2.45, 2.75) is 26.9 Å². The zero-order chi connectivity index (χ0) is 22.5. The largest absolute Gasteiger partial charge is 0.465 e. The number of pyridine rings is 1. The topological polar surface area (TPSA) is 170 Å². The van der Waals surface area contributed by atoms with E-state index in [0.29, 0.717) is 29.1 Å². The van der Waals surface area contributed by atoms with E-state index in [1.54, 1.807) is 34.4 Å². The third-order valence-corrected chi connectivity index (χ3v) is 4.35. The molecule has 3 heterocycles. The highest BCUT2D eigenvalue weighted by atomic mass is 16.4. The lowest BCUT2D eigenvalue weighted by Gasteiger charge is -2.08. The van der Waals surface area contributed by atoms with Crippen LogP contribution < -0.4 is 16.4 Å². The van der Waals surface area contributed by atoms with E-state index in [-0.39, 0.29) is 24.6 Å². The lowest BCUT2D eigenvalue weighted by molar-refractivity contribution is 0.0995. The summed E-state index contributed by atoms with van der Waals surface area (Å²) in [6.45, 7) is 4.57. The van der Waals surface area contributed by atoms with Gasteiger partial charge in [-0.25, -0.2) is 14.8 Å². The minimum atomic E-state index is -1.13. The van der Waals surface area contributed by atoms with E-state index in [1.165, 1.54) is 12.3 Å². The fourth-order valence-electron chi connectivity index (χ4n) is 2.96. The number of hydrogen-bond acceptors (Lipinski definition) is 6. The highest BCUT2D eigenvalue weighted by molar-refractivity contribution is 6.03. The van der Waals surface area contributed by atoms with Crippen LogP contribution in [0.15, 0.2) is 30.5 Å². The maximum Gasteiger partial charge on any atom is 0.404 e. The first-order valence-corrected chi connectivity index (χ1v) is 9.43. The fourth-order valence-corrected chi connectivity index (χ4v) is 2.96. The molecule has 3 aromatic heterocycles. The van der Waals surface area contributed by atoms with Gasteiger partial charge in [0, 0.05) is 25.8 Å². The zero-order valence-corrected chi connectivity index (χ0v) is 17.0. The highest BCUT2D eigenvalue weighted by Crippen LogP contribution is 2.20. The summed E-state index contributed by atoms with van der Waals surface area (Å²) in [4.78, 5) is 43.5. The molecule has 0 bridgehead atoms. The number of carbonyl (C=O) groups is 3. The molecule has 0 aliphatic rings. The third kappa shape index (κ3) is 4.86. The number of imidazole rings is 1. The van der Waals surface area contributed by atoms with Gasteiger partial charge < -0.3 is 16.2 Å². The zero-order valence-electron chi connectivity index (χ0n) is 17.0. The third-order valence-electron chi connectivity index (χ3n) is 4.35. The minimum absolute atomic E-state index is 0.123. The van der Waals surface area contributed by atoms with Gasteiger partial charge in [0.05, 0.1) is 11.3 Å². The van der Waals surface area contributed by atoms with Crippen LogP contribution >= 0.6 is 0 Å². The molecule has 0 aliphatic heterocycles. The van der Waals surface area contributed by atoms with Crippen LogP contribution in [0.5, 0.6) is 0 Å². The molecule has 162 valence electrons. The molecule has 0 radical (unpaired) electrons. The molecule has 3 amide bonds. The second-order valence-electron chi connectivity index (χ2n) is 6.58. The highest BCUT2D eigenvalue weighted by Gasteiger charge is 2.19. The Hall–Kier alpha value is -4.22. The minimum Gasteiger partial charge on any atom is -0.465 e. The molecule has 5 N–H and O–H groups in total. The monoisotopic (exact) mass is 426 g/mol. The van der Waals surface area contributed by atoms with Gasteiger partial charge in [0.1, 0.15) is 11.2 Å². The first kappa shape index (κ1) is 21.5. The summed E-state index contributed by atoms with van der Waals surface area (Å²) in [5, 5.41) is 17.9. The Morgan fingerprint density at radius 2 is 2.03 bits per heavy atom. The molecule has 12 heteroatoms. The first-order chi connectivity index (χ1) is 14.8. The van der Waals surface area contributed by atoms with Crippen molar-refractivity contribution in [3.63, 3.8) is 0 Å². The first-order valence-electron chi connectivity index (χ1n) is 9.43. The van der Waals surface area contributed by atoms with E-state index in [1.807, 2.05) is 6.92 Å². The molecule has 0 aliphatic carbocycles. The quantitative estimate of drug-likeness (QED) is 0.391. The maximum absolute atomic E-state index is 12.8. The predicted octanol–water partition coefficient (Wildman–Crippen LogP) is 1.13. The summed E-state index contributed by atoms with van der Waals surface area (Å²) < 4.78 is 3.22. The number of carboxylic acid groups (broad SMARTS) is 1. The molecule has 0 spiro atoms. The van der Waals surface area contributed by atoms with Gasteiger partial charge >= 0.3 is 6.09 Å².